The smallest absolute Gasteiger partial charge is 0.0638 e. The summed E-state index contributed by atoms with van der Waals surface area (Å²) in [5.74, 6) is 0. The Morgan fingerprint density at radius 2 is 0.575 bits per heavy atom. The fourth-order valence-corrected chi connectivity index (χ4v) is 3.92. The summed E-state index contributed by atoms with van der Waals surface area (Å²) in [6, 6.07) is 48.5. The highest BCUT2D eigenvalue weighted by atomic mass is 14.9. The second-order valence-electron chi connectivity index (χ2n) is 8.97. The first-order chi connectivity index (χ1) is 19.8. The van der Waals surface area contributed by atoms with Gasteiger partial charge in [-0.1, -0.05) is 72.8 Å². The lowest BCUT2D eigenvalue weighted by Crippen LogP contribution is -1.99. The molecule has 0 aromatic heterocycles. The van der Waals surface area contributed by atoms with Gasteiger partial charge in [-0.15, -0.1) is 0 Å². The maximum Gasteiger partial charge on any atom is 0.0638 e. The zero-order valence-electron chi connectivity index (χ0n) is 22.1. The SMILES string of the molecule is C1=CC(=Nc2ccccc2)C=CC1=Nc1ccccc1.c1ccc(Nc2ccc(Nc3ccccc3)cc2)cc1. The lowest BCUT2D eigenvalue weighted by Gasteiger charge is -2.09. The van der Waals surface area contributed by atoms with Gasteiger partial charge in [0, 0.05) is 22.7 Å². The van der Waals surface area contributed by atoms with E-state index < -0.39 is 0 Å². The average molecular weight is 519 g/mol. The summed E-state index contributed by atoms with van der Waals surface area (Å²) in [6.07, 6.45) is 7.92. The van der Waals surface area contributed by atoms with E-state index >= 15 is 0 Å². The summed E-state index contributed by atoms with van der Waals surface area (Å²) in [6.45, 7) is 0. The van der Waals surface area contributed by atoms with E-state index in [-0.39, 0.29) is 0 Å². The van der Waals surface area contributed by atoms with Gasteiger partial charge in [-0.3, -0.25) is 0 Å². The van der Waals surface area contributed by atoms with Crippen LogP contribution in [-0.4, -0.2) is 11.4 Å². The van der Waals surface area contributed by atoms with Crippen molar-refractivity contribution < 1.29 is 0 Å². The van der Waals surface area contributed by atoms with E-state index in [1.165, 1.54) is 0 Å². The van der Waals surface area contributed by atoms with Crippen molar-refractivity contribution in [2.24, 2.45) is 9.98 Å². The molecule has 0 heterocycles. The molecule has 1 aliphatic rings. The van der Waals surface area contributed by atoms with Crippen LogP contribution in [0.4, 0.5) is 34.1 Å². The highest BCUT2D eigenvalue weighted by Gasteiger charge is 2.00. The van der Waals surface area contributed by atoms with Gasteiger partial charge in [0.25, 0.3) is 0 Å². The molecule has 4 heteroatoms. The van der Waals surface area contributed by atoms with Crippen LogP contribution < -0.4 is 10.6 Å². The highest BCUT2D eigenvalue weighted by molar-refractivity contribution is 6.19. The van der Waals surface area contributed by atoms with E-state index in [4.69, 9.17) is 0 Å². The molecule has 0 saturated carbocycles. The molecule has 0 bridgehead atoms. The van der Waals surface area contributed by atoms with Crippen LogP contribution in [0.3, 0.4) is 0 Å². The van der Waals surface area contributed by atoms with Gasteiger partial charge in [0.15, 0.2) is 0 Å². The number of anilines is 4. The summed E-state index contributed by atoms with van der Waals surface area (Å²) in [5.41, 5.74) is 8.13. The molecule has 0 saturated heterocycles. The van der Waals surface area contributed by atoms with Crippen LogP contribution in [0.1, 0.15) is 0 Å². The van der Waals surface area contributed by atoms with Crippen LogP contribution in [0, 0.1) is 0 Å². The second-order valence-corrected chi connectivity index (χ2v) is 8.97. The summed E-state index contributed by atoms with van der Waals surface area (Å²) < 4.78 is 0. The van der Waals surface area contributed by atoms with E-state index in [0.717, 1.165) is 45.5 Å². The first-order valence-electron chi connectivity index (χ1n) is 13.2. The number of rotatable bonds is 6. The molecule has 2 N–H and O–H groups in total. The van der Waals surface area contributed by atoms with Gasteiger partial charge >= 0.3 is 0 Å². The first kappa shape index (κ1) is 26.1. The maximum atomic E-state index is 4.55. The van der Waals surface area contributed by atoms with Gasteiger partial charge in [0.1, 0.15) is 0 Å². The quantitative estimate of drug-likeness (QED) is 0.220. The average Bonchev–Trinajstić information content (AvgIpc) is 3.02. The van der Waals surface area contributed by atoms with Gasteiger partial charge in [-0.25, -0.2) is 9.98 Å². The summed E-state index contributed by atoms with van der Waals surface area (Å²) in [7, 11) is 0. The van der Waals surface area contributed by atoms with Crippen molar-refractivity contribution in [1.82, 2.24) is 0 Å². The van der Waals surface area contributed by atoms with Crippen molar-refractivity contribution in [2.75, 3.05) is 10.6 Å². The Balaban J connectivity index is 0.000000161. The highest BCUT2D eigenvalue weighted by Crippen LogP contribution is 2.21. The molecule has 0 radical (unpaired) electrons. The van der Waals surface area contributed by atoms with Crippen LogP contribution in [0.15, 0.2) is 180 Å². The van der Waals surface area contributed by atoms with Crippen LogP contribution in [-0.2, 0) is 0 Å². The molecule has 0 spiro atoms. The molecule has 5 aromatic carbocycles. The van der Waals surface area contributed by atoms with Gasteiger partial charge < -0.3 is 10.6 Å². The van der Waals surface area contributed by atoms with Crippen LogP contribution in [0.25, 0.3) is 0 Å². The van der Waals surface area contributed by atoms with Crippen LogP contribution >= 0.6 is 0 Å². The fourth-order valence-electron chi connectivity index (χ4n) is 3.92. The summed E-state index contributed by atoms with van der Waals surface area (Å²) >= 11 is 0. The molecule has 0 unspecified atom stereocenters. The lowest BCUT2D eigenvalue weighted by atomic mass is 10.1. The largest absolute Gasteiger partial charge is 0.356 e. The van der Waals surface area contributed by atoms with Crippen molar-refractivity contribution >= 4 is 45.5 Å². The number of hydrogen-bond donors (Lipinski definition) is 2. The molecule has 0 aliphatic heterocycles. The Hall–Kier alpha value is -5.48. The number of nitrogens with zero attached hydrogens (tertiary/aromatic N) is 2. The molecule has 4 nitrogen and oxygen atoms in total. The van der Waals surface area contributed by atoms with E-state index in [9.17, 15) is 0 Å². The van der Waals surface area contributed by atoms with Crippen LogP contribution in [0.5, 0.6) is 0 Å². The minimum atomic E-state index is 0.934. The maximum absolute atomic E-state index is 4.55. The van der Waals surface area contributed by atoms with E-state index in [0.29, 0.717) is 0 Å². The summed E-state index contributed by atoms with van der Waals surface area (Å²) in [5, 5.41) is 6.73. The Morgan fingerprint density at radius 3 is 0.900 bits per heavy atom. The predicted molar refractivity (Wildman–Crippen MR) is 171 cm³/mol. The van der Waals surface area contributed by atoms with Gasteiger partial charge in [0.05, 0.1) is 22.8 Å². The molecule has 6 rings (SSSR count). The number of aliphatic imine (C=N–C) groups is 2. The third-order valence-corrected chi connectivity index (χ3v) is 5.89. The Bertz CT molecular complexity index is 1450. The van der Waals surface area contributed by atoms with Crippen molar-refractivity contribution in [3.8, 4) is 0 Å². The molecule has 40 heavy (non-hydrogen) atoms. The fraction of sp³-hybridized carbons (Fsp3) is 0. The third-order valence-electron chi connectivity index (χ3n) is 5.89. The van der Waals surface area contributed by atoms with E-state index in [1.807, 2.05) is 121 Å². The van der Waals surface area contributed by atoms with Gasteiger partial charge in [-0.2, -0.15) is 0 Å². The Kier molecular flexibility index (Phi) is 9.08. The number of benzene rings is 5. The van der Waals surface area contributed by atoms with Crippen molar-refractivity contribution in [3.05, 3.63) is 170 Å². The van der Waals surface area contributed by atoms with Crippen molar-refractivity contribution in [2.45, 2.75) is 0 Å². The minimum Gasteiger partial charge on any atom is -0.356 e. The number of hydrogen-bond acceptors (Lipinski definition) is 4. The van der Waals surface area contributed by atoms with E-state index in [1.54, 1.807) is 0 Å². The zero-order valence-corrected chi connectivity index (χ0v) is 22.1. The standard InChI is InChI=1S/C18H16N2.C18H14N2/c2*1-3-7-15(8-4-1)19-17-11-13-18(14-12-17)20-16-9-5-2-6-10-16/h1-14,19-20H;1-14H. The molecular formula is C36H30N4. The van der Waals surface area contributed by atoms with E-state index in [2.05, 4.69) is 69.1 Å². The number of para-hydroxylation sites is 4. The van der Waals surface area contributed by atoms with Gasteiger partial charge in [0.2, 0.25) is 0 Å². The first-order valence-corrected chi connectivity index (χ1v) is 13.2. The lowest BCUT2D eigenvalue weighted by molar-refractivity contribution is 1.51. The molecule has 194 valence electrons. The number of nitrogens with one attached hydrogen (secondary N) is 2. The van der Waals surface area contributed by atoms with Crippen molar-refractivity contribution in [1.29, 1.82) is 0 Å². The minimum absolute atomic E-state index is 0.934. The summed E-state index contributed by atoms with van der Waals surface area (Å²) in [4.78, 5) is 9.10. The Labute approximate surface area is 235 Å². The Morgan fingerprint density at radius 1 is 0.300 bits per heavy atom. The molecule has 5 aromatic rings. The van der Waals surface area contributed by atoms with Crippen LogP contribution in [0.2, 0.25) is 0 Å². The normalized spacial score (nSPS) is 11.7. The topological polar surface area (TPSA) is 48.8 Å². The monoisotopic (exact) mass is 518 g/mol. The molecule has 0 amide bonds. The predicted octanol–water partition coefficient (Wildman–Crippen LogP) is 9.83. The second kappa shape index (κ2) is 13.9. The third kappa shape index (κ3) is 8.27. The zero-order chi connectivity index (χ0) is 27.2. The molecule has 0 fully saturated rings. The molecular weight excluding hydrogens is 488 g/mol. The number of allylic oxidation sites excluding steroid dienone is 4. The van der Waals surface area contributed by atoms with Crippen molar-refractivity contribution in [3.63, 3.8) is 0 Å². The van der Waals surface area contributed by atoms with Gasteiger partial charge in [-0.05, 0) is 97.1 Å². The molecule has 0 atom stereocenters. The molecule has 1 aliphatic carbocycles.